The van der Waals surface area contributed by atoms with Gasteiger partial charge in [0.2, 0.25) is 0 Å². The molecule has 0 radical (unpaired) electrons. The first-order chi connectivity index (χ1) is 14.2. The lowest BCUT2D eigenvalue weighted by Crippen LogP contribution is -2.28. The van der Waals surface area contributed by atoms with E-state index in [-0.39, 0.29) is 20.8 Å². The summed E-state index contributed by atoms with van der Waals surface area (Å²) < 4.78 is 39.1. The highest BCUT2D eigenvalue weighted by molar-refractivity contribution is 8.27. The zero-order valence-electron chi connectivity index (χ0n) is 15.4. The lowest BCUT2D eigenvalue weighted by atomic mass is 10.1. The Balaban J connectivity index is 1.81. The van der Waals surface area contributed by atoms with Crippen LogP contribution in [0.25, 0.3) is 6.08 Å². The van der Waals surface area contributed by atoms with Crippen LogP contribution in [0.1, 0.15) is 21.5 Å². The van der Waals surface area contributed by atoms with Crippen LogP contribution in [0.4, 0.5) is 18.9 Å². The number of benzene rings is 2. The van der Waals surface area contributed by atoms with E-state index >= 15 is 0 Å². The third-order valence-electron chi connectivity index (χ3n) is 4.13. The van der Waals surface area contributed by atoms with E-state index in [4.69, 9.17) is 18.0 Å². The van der Waals surface area contributed by atoms with Crippen molar-refractivity contribution >= 4 is 51.9 Å². The van der Waals surface area contributed by atoms with Crippen molar-refractivity contribution in [3.8, 4) is 0 Å². The minimum absolute atomic E-state index is 0.0580. The van der Waals surface area contributed by atoms with Crippen LogP contribution in [0.2, 0.25) is 0 Å². The Morgan fingerprint density at radius 2 is 1.90 bits per heavy atom. The molecule has 1 aliphatic heterocycles. The predicted molar refractivity (Wildman–Crippen MR) is 115 cm³/mol. The van der Waals surface area contributed by atoms with Gasteiger partial charge in [-0.3, -0.25) is 14.5 Å². The molecule has 0 bridgehead atoms. The normalized spacial score (nSPS) is 15.7. The van der Waals surface area contributed by atoms with Gasteiger partial charge in [-0.25, -0.2) is 0 Å². The topological polar surface area (TPSA) is 75.4 Å². The van der Waals surface area contributed by atoms with Crippen LogP contribution >= 0.6 is 24.0 Å². The number of thiocarbonyl (C=S) groups is 1. The molecule has 0 aliphatic carbocycles. The minimum Gasteiger partial charge on any atom is -0.351 e. The molecular formula is C20H16F3N3O2S2. The van der Waals surface area contributed by atoms with Gasteiger partial charge in [0, 0.05) is 18.7 Å². The molecule has 0 spiro atoms. The van der Waals surface area contributed by atoms with E-state index in [1.807, 2.05) is 0 Å². The molecule has 30 heavy (non-hydrogen) atoms. The number of rotatable bonds is 5. The molecule has 1 fully saturated rings. The summed E-state index contributed by atoms with van der Waals surface area (Å²) in [6.07, 6.45) is -2.95. The summed E-state index contributed by atoms with van der Waals surface area (Å²) in [5.41, 5.74) is 5.64. The van der Waals surface area contributed by atoms with Crippen LogP contribution in [0.5, 0.6) is 0 Å². The smallest absolute Gasteiger partial charge is 0.351 e. The number of amides is 2. The molecule has 0 saturated carbocycles. The van der Waals surface area contributed by atoms with E-state index in [9.17, 15) is 22.8 Å². The molecule has 1 saturated heterocycles. The summed E-state index contributed by atoms with van der Waals surface area (Å²) in [5, 5.41) is 2.65. The monoisotopic (exact) mass is 451 g/mol. The van der Waals surface area contributed by atoms with Crippen molar-refractivity contribution < 1.29 is 22.8 Å². The van der Waals surface area contributed by atoms with Crippen LogP contribution in [-0.2, 0) is 11.0 Å². The Bertz CT molecular complexity index is 1020. The fourth-order valence-electron chi connectivity index (χ4n) is 2.68. The maximum Gasteiger partial charge on any atom is 0.416 e. The first kappa shape index (κ1) is 22.0. The Labute approximate surface area is 180 Å². The van der Waals surface area contributed by atoms with Crippen molar-refractivity contribution in [1.82, 2.24) is 5.32 Å². The molecular weight excluding hydrogens is 435 g/mol. The van der Waals surface area contributed by atoms with Crippen molar-refractivity contribution in [3.63, 3.8) is 0 Å². The summed E-state index contributed by atoms with van der Waals surface area (Å²) >= 11 is 6.21. The highest BCUT2D eigenvalue weighted by atomic mass is 32.2. The van der Waals surface area contributed by atoms with Gasteiger partial charge in [-0.2, -0.15) is 13.2 Å². The second-order valence-corrected chi connectivity index (χ2v) is 7.91. The fourth-order valence-corrected chi connectivity index (χ4v) is 3.98. The van der Waals surface area contributed by atoms with Gasteiger partial charge in [0.05, 0.1) is 16.2 Å². The lowest BCUT2D eigenvalue weighted by Gasteiger charge is -2.16. The number of halogens is 3. The summed E-state index contributed by atoms with van der Waals surface area (Å²) in [6, 6.07) is 11.0. The Kier molecular flexibility index (Phi) is 6.59. The highest BCUT2D eigenvalue weighted by Gasteiger charge is 2.36. The summed E-state index contributed by atoms with van der Waals surface area (Å²) in [4.78, 5) is 26.0. The Morgan fingerprint density at radius 3 is 2.53 bits per heavy atom. The number of carbonyl (C=O) groups is 2. The maximum absolute atomic E-state index is 13.0. The SMILES string of the molecule is NCCNC(=O)c1ccc(/C=C2\SC(=S)N(c3cccc(C(F)(F)F)c3)C2=O)cc1. The van der Waals surface area contributed by atoms with Gasteiger partial charge in [-0.05, 0) is 42.0 Å². The van der Waals surface area contributed by atoms with Gasteiger partial charge >= 0.3 is 6.18 Å². The van der Waals surface area contributed by atoms with E-state index in [2.05, 4.69) is 5.32 Å². The molecule has 3 rings (SSSR count). The highest BCUT2D eigenvalue weighted by Crippen LogP contribution is 2.38. The number of hydrogen-bond acceptors (Lipinski definition) is 5. The van der Waals surface area contributed by atoms with Gasteiger partial charge in [-0.1, -0.05) is 42.2 Å². The molecule has 0 atom stereocenters. The van der Waals surface area contributed by atoms with Gasteiger partial charge in [0.15, 0.2) is 4.32 Å². The maximum atomic E-state index is 13.0. The average Bonchev–Trinajstić information content (AvgIpc) is 2.99. The molecule has 1 heterocycles. The zero-order valence-corrected chi connectivity index (χ0v) is 17.0. The zero-order chi connectivity index (χ0) is 21.9. The lowest BCUT2D eigenvalue weighted by molar-refractivity contribution is -0.137. The number of carbonyl (C=O) groups excluding carboxylic acids is 2. The molecule has 0 unspecified atom stereocenters. The number of thioether (sulfide) groups is 1. The standard InChI is InChI=1S/C20H16F3N3O2S2/c21-20(22,23)14-2-1-3-15(11-14)26-18(28)16(30-19(26)29)10-12-4-6-13(7-5-12)17(27)25-9-8-24/h1-7,10-11H,8-9,24H2,(H,25,27)/b16-10-. The predicted octanol–water partition coefficient (Wildman–Crippen LogP) is 3.80. The van der Waals surface area contributed by atoms with Crippen molar-refractivity contribution in [2.45, 2.75) is 6.18 Å². The van der Waals surface area contributed by atoms with Crippen molar-refractivity contribution in [2.24, 2.45) is 5.73 Å². The first-order valence-electron chi connectivity index (χ1n) is 8.74. The number of anilines is 1. The molecule has 156 valence electrons. The third-order valence-corrected chi connectivity index (χ3v) is 5.43. The van der Waals surface area contributed by atoms with Crippen LogP contribution in [0.15, 0.2) is 53.4 Å². The number of nitrogens with two attached hydrogens (primary N) is 1. The molecule has 1 aliphatic rings. The van der Waals surface area contributed by atoms with Crippen LogP contribution in [0, 0.1) is 0 Å². The average molecular weight is 451 g/mol. The van der Waals surface area contributed by atoms with E-state index in [0.717, 1.165) is 28.8 Å². The molecule has 5 nitrogen and oxygen atoms in total. The van der Waals surface area contributed by atoms with E-state index < -0.39 is 17.6 Å². The molecule has 2 aromatic rings. The van der Waals surface area contributed by atoms with Crippen molar-refractivity contribution in [1.29, 1.82) is 0 Å². The van der Waals surface area contributed by atoms with Gasteiger partial charge in [0.1, 0.15) is 0 Å². The number of alkyl halides is 3. The first-order valence-corrected chi connectivity index (χ1v) is 9.97. The van der Waals surface area contributed by atoms with Gasteiger partial charge in [-0.15, -0.1) is 0 Å². The van der Waals surface area contributed by atoms with Crippen molar-refractivity contribution in [2.75, 3.05) is 18.0 Å². The fraction of sp³-hybridized carbons (Fsp3) is 0.150. The largest absolute Gasteiger partial charge is 0.416 e. The number of nitrogens with zero attached hydrogens (tertiary/aromatic N) is 1. The number of nitrogens with one attached hydrogen (secondary N) is 1. The molecule has 0 aromatic heterocycles. The van der Waals surface area contributed by atoms with E-state index in [0.29, 0.717) is 24.2 Å². The van der Waals surface area contributed by atoms with Crippen LogP contribution < -0.4 is 16.0 Å². The molecule has 3 N–H and O–H groups in total. The molecule has 2 aromatic carbocycles. The van der Waals surface area contributed by atoms with Crippen molar-refractivity contribution in [3.05, 3.63) is 70.1 Å². The summed E-state index contributed by atoms with van der Waals surface area (Å²) in [7, 11) is 0. The van der Waals surface area contributed by atoms with Gasteiger partial charge < -0.3 is 11.1 Å². The Hall–Kier alpha value is -2.69. The summed E-state index contributed by atoms with van der Waals surface area (Å²) in [5.74, 6) is -0.767. The Morgan fingerprint density at radius 1 is 1.20 bits per heavy atom. The summed E-state index contributed by atoms with van der Waals surface area (Å²) in [6.45, 7) is 0.691. The van der Waals surface area contributed by atoms with Gasteiger partial charge in [0.25, 0.3) is 11.8 Å². The minimum atomic E-state index is -4.52. The van der Waals surface area contributed by atoms with Crippen LogP contribution in [0.3, 0.4) is 0 Å². The third kappa shape index (κ3) is 4.89. The molecule has 2 amide bonds. The van der Waals surface area contributed by atoms with Crippen LogP contribution in [-0.4, -0.2) is 29.2 Å². The molecule has 10 heteroatoms. The van der Waals surface area contributed by atoms with E-state index in [1.165, 1.54) is 12.1 Å². The van der Waals surface area contributed by atoms with E-state index in [1.54, 1.807) is 30.3 Å². The second kappa shape index (κ2) is 8.99. The quantitative estimate of drug-likeness (QED) is 0.534. The number of hydrogen-bond donors (Lipinski definition) is 2. The second-order valence-electron chi connectivity index (χ2n) is 6.23.